The Morgan fingerprint density at radius 3 is 2.88 bits per heavy atom. The molecule has 0 aliphatic heterocycles. The Bertz CT molecular complexity index is 500. The summed E-state index contributed by atoms with van der Waals surface area (Å²) in [7, 11) is 0. The van der Waals surface area contributed by atoms with Crippen LogP contribution < -0.4 is 10.6 Å². The highest BCUT2D eigenvalue weighted by Crippen LogP contribution is 2.37. The van der Waals surface area contributed by atoms with Crippen LogP contribution in [0, 0.1) is 5.92 Å². The molecule has 1 aromatic heterocycles. The number of alkyl halides is 3. The molecule has 136 valence electrons. The largest absolute Gasteiger partial charge is 0.469 e. The van der Waals surface area contributed by atoms with E-state index in [4.69, 9.17) is 4.42 Å². The molecule has 2 atom stereocenters. The van der Waals surface area contributed by atoms with Crippen LogP contribution >= 0.6 is 0 Å². The predicted octanol–water partition coefficient (Wildman–Crippen LogP) is 3.89. The number of furan rings is 1. The molecule has 0 amide bonds. The average Bonchev–Trinajstić information content (AvgIpc) is 3.05. The average molecular weight is 345 g/mol. The third-order valence-electron chi connectivity index (χ3n) is 4.22. The number of aliphatic imine (C=N–C) groups is 1. The lowest BCUT2D eigenvalue weighted by Crippen LogP contribution is -2.47. The molecule has 1 aliphatic rings. The topological polar surface area (TPSA) is 49.6 Å². The lowest BCUT2D eigenvalue weighted by molar-refractivity contribution is -0.183. The number of hydrogen-bond donors (Lipinski definition) is 2. The van der Waals surface area contributed by atoms with Crippen molar-refractivity contribution >= 4 is 5.96 Å². The van der Waals surface area contributed by atoms with Crippen LogP contribution in [0.3, 0.4) is 0 Å². The molecule has 0 saturated heterocycles. The minimum absolute atomic E-state index is 0.120. The minimum atomic E-state index is -4.10. The maximum atomic E-state index is 12.9. The van der Waals surface area contributed by atoms with Crippen molar-refractivity contribution < 1.29 is 17.6 Å². The molecule has 24 heavy (non-hydrogen) atoms. The summed E-state index contributed by atoms with van der Waals surface area (Å²) in [5.41, 5.74) is 0. The third-order valence-corrected chi connectivity index (χ3v) is 4.22. The van der Waals surface area contributed by atoms with E-state index in [1.807, 2.05) is 19.1 Å². The van der Waals surface area contributed by atoms with Crippen molar-refractivity contribution in [2.75, 3.05) is 13.1 Å². The Morgan fingerprint density at radius 1 is 1.38 bits per heavy atom. The van der Waals surface area contributed by atoms with Gasteiger partial charge in [-0.15, -0.1) is 0 Å². The predicted molar refractivity (Wildman–Crippen MR) is 87.9 cm³/mol. The fourth-order valence-electron chi connectivity index (χ4n) is 2.95. The van der Waals surface area contributed by atoms with E-state index in [1.54, 1.807) is 6.26 Å². The first kappa shape index (κ1) is 18.7. The van der Waals surface area contributed by atoms with Crippen molar-refractivity contribution in [3.05, 3.63) is 24.2 Å². The van der Waals surface area contributed by atoms with Gasteiger partial charge < -0.3 is 15.1 Å². The molecule has 0 radical (unpaired) electrons. The summed E-state index contributed by atoms with van der Waals surface area (Å²) in [6, 6.07) is 3.54. The molecule has 2 N–H and O–H groups in total. The van der Waals surface area contributed by atoms with Gasteiger partial charge >= 0.3 is 6.18 Å². The van der Waals surface area contributed by atoms with E-state index < -0.39 is 12.1 Å². The van der Waals surface area contributed by atoms with Crippen LogP contribution in [0.4, 0.5) is 13.2 Å². The summed E-state index contributed by atoms with van der Waals surface area (Å²) in [6.45, 7) is 3.29. The highest BCUT2D eigenvalue weighted by molar-refractivity contribution is 5.80. The van der Waals surface area contributed by atoms with E-state index in [1.165, 1.54) is 0 Å². The number of nitrogens with zero attached hydrogens (tertiary/aromatic N) is 1. The van der Waals surface area contributed by atoms with Crippen molar-refractivity contribution in [2.45, 2.75) is 57.7 Å². The Hall–Kier alpha value is -1.66. The van der Waals surface area contributed by atoms with Gasteiger partial charge in [0, 0.05) is 25.6 Å². The van der Waals surface area contributed by atoms with Crippen molar-refractivity contribution in [3.63, 3.8) is 0 Å². The number of halogens is 3. The highest BCUT2D eigenvalue weighted by atomic mass is 19.4. The van der Waals surface area contributed by atoms with Gasteiger partial charge in [-0.3, -0.25) is 4.99 Å². The lowest BCUT2D eigenvalue weighted by atomic mass is 9.85. The molecule has 2 rings (SSSR count). The van der Waals surface area contributed by atoms with Gasteiger partial charge in [-0.1, -0.05) is 13.3 Å². The molecule has 1 aromatic rings. The molecular weight excluding hydrogens is 319 g/mol. The fraction of sp³-hybridized carbons (Fsp3) is 0.706. The summed E-state index contributed by atoms with van der Waals surface area (Å²) in [5.74, 6) is 0.252. The summed E-state index contributed by atoms with van der Waals surface area (Å²) in [4.78, 5) is 4.42. The molecule has 0 aromatic carbocycles. The molecule has 1 aliphatic carbocycles. The first-order chi connectivity index (χ1) is 11.5. The van der Waals surface area contributed by atoms with Gasteiger partial charge in [-0.05, 0) is 37.8 Å². The number of nitrogens with one attached hydrogen (secondary N) is 2. The molecule has 0 spiro atoms. The van der Waals surface area contributed by atoms with Crippen LogP contribution in [0.2, 0.25) is 0 Å². The van der Waals surface area contributed by atoms with Crippen molar-refractivity contribution in [3.8, 4) is 0 Å². The Labute approximate surface area is 140 Å². The van der Waals surface area contributed by atoms with Gasteiger partial charge in [-0.25, -0.2) is 0 Å². The molecular formula is C17H26F3N3O. The van der Waals surface area contributed by atoms with E-state index in [0.29, 0.717) is 31.9 Å². The van der Waals surface area contributed by atoms with Crippen LogP contribution in [-0.2, 0) is 6.42 Å². The minimum Gasteiger partial charge on any atom is -0.469 e. The van der Waals surface area contributed by atoms with E-state index in [-0.39, 0.29) is 18.9 Å². The van der Waals surface area contributed by atoms with Gasteiger partial charge in [0.2, 0.25) is 0 Å². The standard InChI is InChI=1S/C17H26F3N3O/c1-2-9-21-16(22-10-8-15-7-4-11-24-15)23-14-6-3-5-13(12-14)17(18,19)20/h4,7,11,13-14H,2-3,5-6,8-10,12H2,1H3,(H2,21,22,23). The van der Waals surface area contributed by atoms with Gasteiger partial charge in [0.05, 0.1) is 12.2 Å². The summed E-state index contributed by atoms with van der Waals surface area (Å²) < 4.78 is 44.1. The van der Waals surface area contributed by atoms with Gasteiger partial charge in [0.1, 0.15) is 5.76 Å². The van der Waals surface area contributed by atoms with E-state index >= 15 is 0 Å². The van der Waals surface area contributed by atoms with Crippen molar-refractivity contribution in [2.24, 2.45) is 10.9 Å². The van der Waals surface area contributed by atoms with Gasteiger partial charge in [-0.2, -0.15) is 13.2 Å². The maximum Gasteiger partial charge on any atom is 0.391 e. The zero-order valence-corrected chi connectivity index (χ0v) is 14.0. The quantitative estimate of drug-likeness (QED) is 0.607. The first-order valence-corrected chi connectivity index (χ1v) is 8.63. The zero-order chi connectivity index (χ0) is 17.4. The lowest BCUT2D eigenvalue weighted by Gasteiger charge is -2.32. The van der Waals surface area contributed by atoms with Crippen molar-refractivity contribution in [1.29, 1.82) is 0 Å². The summed E-state index contributed by atoms with van der Waals surface area (Å²) in [6.07, 6.45) is 0.805. The van der Waals surface area contributed by atoms with E-state index in [2.05, 4.69) is 15.6 Å². The van der Waals surface area contributed by atoms with E-state index in [9.17, 15) is 13.2 Å². The fourth-order valence-corrected chi connectivity index (χ4v) is 2.95. The van der Waals surface area contributed by atoms with Crippen LogP contribution in [0.1, 0.15) is 44.8 Å². The van der Waals surface area contributed by atoms with Gasteiger partial charge in [0.25, 0.3) is 0 Å². The normalized spacial score (nSPS) is 22.4. The molecule has 2 unspecified atom stereocenters. The second kappa shape index (κ2) is 8.99. The number of guanidine groups is 1. The first-order valence-electron chi connectivity index (χ1n) is 8.63. The molecule has 1 saturated carbocycles. The van der Waals surface area contributed by atoms with Crippen LogP contribution in [0.15, 0.2) is 27.8 Å². The van der Waals surface area contributed by atoms with Crippen LogP contribution in [0.5, 0.6) is 0 Å². The number of hydrogen-bond acceptors (Lipinski definition) is 2. The van der Waals surface area contributed by atoms with Crippen LogP contribution in [-0.4, -0.2) is 31.3 Å². The van der Waals surface area contributed by atoms with Gasteiger partial charge in [0.15, 0.2) is 5.96 Å². The molecule has 0 bridgehead atoms. The Morgan fingerprint density at radius 2 is 2.21 bits per heavy atom. The zero-order valence-electron chi connectivity index (χ0n) is 14.0. The molecule has 4 nitrogen and oxygen atoms in total. The Balaban J connectivity index is 1.85. The highest BCUT2D eigenvalue weighted by Gasteiger charge is 2.42. The van der Waals surface area contributed by atoms with Crippen molar-refractivity contribution in [1.82, 2.24) is 10.6 Å². The second-order valence-corrected chi connectivity index (χ2v) is 6.23. The molecule has 1 fully saturated rings. The SMILES string of the molecule is CCCN=C(NCCc1ccco1)NC1CCCC(C(F)(F)F)C1. The monoisotopic (exact) mass is 345 g/mol. The molecule has 1 heterocycles. The molecule has 7 heteroatoms. The van der Waals surface area contributed by atoms with E-state index in [0.717, 1.165) is 18.6 Å². The Kier molecular flexibility index (Phi) is 6.99. The summed E-state index contributed by atoms with van der Waals surface area (Å²) in [5, 5.41) is 6.37. The smallest absolute Gasteiger partial charge is 0.391 e. The summed E-state index contributed by atoms with van der Waals surface area (Å²) >= 11 is 0. The van der Waals surface area contributed by atoms with Crippen LogP contribution in [0.25, 0.3) is 0 Å². The number of rotatable bonds is 6. The maximum absolute atomic E-state index is 12.9. The second-order valence-electron chi connectivity index (χ2n) is 6.23. The third kappa shape index (κ3) is 6.09.